The van der Waals surface area contributed by atoms with Gasteiger partial charge in [-0.2, -0.15) is 4.98 Å². The molecule has 164 valence electrons. The molecule has 1 saturated carbocycles. The SMILES string of the molecule is CCCN1CCC(Cc2ccc(-c3c[nH]c4nc(NCCC5CC5)ncc34)cc2)CC1. The summed E-state index contributed by atoms with van der Waals surface area (Å²) in [6, 6.07) is 9.13. The van der Waals surface area contributed by atoms with E-state index in [2.05, 4.69) is 62.6 Å². The Morgan fingerprint density at radius 1 is 1.06 bits per heavy atom. The molecule has 1 aromatic carbocycles. The van der Waals surface area contributed by atoms with Crippen LogP contribution in [0.5, 0.6) is 0 Å². The number of likely N-dealkylation sites (tertiary alicyclic amines) is 1. The lowest BCUT2D eigenvalue weighted by Gasteiger charge is -2.31. The van der Waals surface area contributed by atoms with E-state index in [1.165, 1.54) is 81.3 Å². The first-order chi connectivity index (χ1) is 15.3. The molecule has 2 aromatic heterocycles. The molecule has 5 rings (SSSR count). The predicted octanol–water partition coefficient (Wildman–Crippen LogP) is 5.50. The summed E-state index contributed by atoms with van der Waals surface area (Å²) in [5.41, 5.74) is 4.77. The van der Waals surface area contributed by atoms with Crippen molar-refractivity contribution in [2.75, 3.05) is 31.5 Å². The van der Waals surface area contributed by atoms with Gasteiger partial charge in [0.2, 0.25) is 5.95 Å². The van der Waals surface area contributed by atoms with Gasteiger partial charge in [0.05, 0.1) is 0 Å². The summed E-state index contributed by atoms with van der Waals surface area (Å²) in [6.45, 7) is 7.03. The van der Waals surface area contributed by atoms with Gasteiger partial charge in [-0.25, -0.2) is 4.98 Å². The lowest BCUT2D eigenvalue weighted by molar-refractivity contribution is 0.184. The lowest BCUT2D eigenvalue weighted by Crippen LogP contribution is -2.34. The van der Waals surface area contributed by atoms with Crippen molar-refractivity contribution < 1.29 is 0 Å². The largest absolute Gasteiger partial charge is 0.354 e. The molecular weight excluding hydrogens is 382 g/mol. The highest BCUT2D eigenvalue weighted by molar-refractivity contribution is 5.93. The van der Waals surface area contributed by atoms with Gasteiger partial charge in [0.25, 0.3) is 0 Å². The molecule has 1 aliphatic carbocycles. The second-order valence-electron chi connectivity index (χ2n) is 9.50. The fourth-order valence-corrected chi connectivity index (χ4v) is 4.91. The van der Waals surface area contributed by atoms with Crippen molar-refractivity contribution in [1.82, 2.24) is 19.9 Å². The first-order valence-electron chi connectivity index (χ1n) is 12.2. The number of nitrogens with zero attached hydrogens (tertiary/aromatic N) is 3. The monoisotopic (exact) mass is 417 g/mol. The maximum absolute atomic E-state index is 4.67. The lowest BCUT2D eigenvalue weighted by atomic mass is 9.89. The molecule has 0 bridgehead atoms. The Kier molecular flexibility index (Phi) is 6.21. The summed E-state index contributed by atoms with van der Waals surface area (Å²) in [7, 11) is 0. The van der Waals surface area contributed by atoms with E-state index < -0.39 is 0 Å². The molecule has 5 heteroatoms. The zero-order chi connectivity index (χ0) is 21.0. The van der Waals surface area contributed by atoms with E-state index >= 15 is 0 Å². The highest BCUT2D eigenvalue weighted by Gasteiger charge is 2.21. The van der Waals surface area contributed by atoms with Gasteiger partial charge in [-0.05, 0) is 74.7 Å². The number of H-pyrrole nitrogens is 1. The van der Waals surface area contributed by atoms with Crippen LogP contribution in [0.15, 0.2) is 36.7 Å². The predicted molar refractivity (Wildman–Crippen MR) is 128 cm³/mol. The summed E-state index contributed by atoms with van der Waals surface area (Å²) < 4.78 is 0. The molecule has 0 radical (unpaired) electrons. The zero-order valence-corrected chi connectivity index (χ0v) is 18.7. The second kappa shape index (κ2) is 9.39. The van der Waals surface area contributed by atoms with Crippen LogP contribution in [0.4, 0.5) is 5.95 Å². The van der Waals surface area contributed by atoms with Gasteiger partial charge < -0.3 is 15.2 Å². The van der Waals surface area contributed by atoms with Gasteiger partial charge >= 0.3 is 0 Å². The second-order valence-corrected chi connectivity index (χ2v) is 9.50. The Bertz CT molecular complexity index is 981. The third-order valence-electron chi connectivity index (χ3n) is 7.00. The molecule has 0 amide bonds. The Balaban J connectivity index is 1.21. The number of hydrogen-bond donors (Lipinski definition) is 2. The van der Waals surface area contributed by atoms with Crippen LogP contribution in [0.2, 0.25) is 0 Å². The number of benzene rings is 1. The van der Waals surface area contributed by atoms with Crippen molar-refractivity contribution in [2.24, 2.45) is 11.8 Å². The summed E-state index contributed by atoms with van der Waals surface area (Å²) in [4.78, 5) is 15.2. The molecule has 3 aromatic rings. The smallest absolute Gasteiger partial charge is 0.224 e. The van der Waals surface area contributed by atoms with Gasteiger partial charge in [-0.15, -0.1) is 0 Å². The summed E-state index contributed by atoms with van der Waals surface area (Å²) in [6.07, 6.45) is 13.1. The van der Waals surface area contributed by atoms with E-state index in [0.717, 1.165) is 35.4 Å². The molecule has 2 N–H and O–H groups in total. The minimum atomic E-state index is 0.724. The first-order valence-corrected chi connectivity index (χ1v) is 12.2. The van der Waals surface area contributed by atoms with Crippen molar-refractivity contribution in [3.8, 4) is 11.1 Å². The molecule has 0 spiro atoms. The van der Waals surface area contributed by atoms with Crippen LogP contribution >= 0.6 is 0 Å². The van der Waals surface area contributed by atoms with Crippen LogP contribution in [0.1, 0.15) is 51.0 Å². The standard InChI is InChI=1S/C26H35N5/c1-2-13-31-14-10-21(11-15-31)16-20-5-7-22(8-6-20)23-17-28-25-24(23)18-29-26(30-25)27-12-9-19-3-4-19/h5-8,17-19,21H,2-4,9-16H2,1H3,(H2,27,28,29,30). The van der Waals surface area contributed by atoms with Gasteiger partial charge in [0, 0.05) is 29.9 Å². The number of rotatable bonds is 9. The topological polar surface area (TPSA) is 56.8 Å². The Morgan fingerprint density at radius 2 is 1.87 bits per heavy atom. The molecule has 1 aliphatic heterocycles. The highest BCUT2D eigenvalue weighted by atomic mass is 15.1. The third kappa shape index (κ3) is 5.09. The fourth-order valence-electron chi connectivity index (χ4n) is 4.91. The zero-order valence-electron chi connectivity index (χ0n) is 18.7. The molecule has 0 atom stereocenters. The molecule has 5 nitrogen and oxygen atoms in total. The quantitative estimate of drug-likeness (QED) is 0.483. The van der Waals surface area contributed by atoms with E-state index in [1.54, 1.807) is 0 Å². The minimum absolute atomic E-state index is 0.724. The molecule has 1 saturated heterocycles. The molecule has 0 unspecified atom stereocenters. The van der Waals surface area contributed by atoms with E-state index in [-0.39, 0.29) is 0 Å². The normalized spacial score (nSPS) is 18.0. The Labute approximate surface area is 185 Å². The molecule has 2 aliphatic rings. The maximum Gasteiger partial charge on any atom is 0.224 e. The number of aromatic nitrogens is 3. The first kappa shape index (κ1) is 20.5. The van der Waals surface area contributed by atoms with Crippen molar-refractivity contribution in [3.05, 3.63) is 42.2 Å². The summed E-state index contributed by atoms with van der Waals surface area (Å²) in [5, 5.41) is 4.45. The van der Waals surface area contributed by atoms with Gasteiger partial charge in [0.1, 0.15) is 5.65 Å². The minimum Gasteiger partial charge on any atom is -0.354 e. The summed E-state index contributed by atoms with van der Waals surface area (Å²) in [5.74, 6) is 2.47. The van der Waals surface area contributed by atoms with Gasteiger partial charge in [0.15, 0.2) is 0 Å². The summed E-state index contributed by atoms with van der Waals surface area (Å²) >= 11 is 0. The van der Waals surface area contributed by atoms with E-state index in [4.69, 9.17) is 0 Å². The Morgan fingerprint density at radius 3 is 2.61 bits per heavy atom. The van der Waals surface area contributed by atoms with Crippen LogP contribution in [0.25, 0.3) is 22.2 Å². The number of nitrogens with one attached hydrogen (secondary N) is 2. The van der Waals surface area contributed by atoms with Crippen molar-refractivity contribution in [3.63, 3.8) is 0 Å². The Hall–Kier alpha value is -2.40. The van der Waals surface area contributed by atoms with E-state index in [0.29, 0.717) is 0 Å². The molecular formula is C26H35N5. The van der Waals surface area contributed by atoms with E-state index in [1.807, 2.05) is 6.20 Å². The number of anilines is 1. The van der Waals surface area contributed by atoms with Crippen LogP contribution in [-0.4, -0.2) is 46.0 Å². The van der Waals surface area contributed by atoms with Crippen LogP contribution in [-0.2, 0) is 6.42 Å². The molecule has 31 heavy (non-hydrogen) atoms. The maximum atomic E-state index is 4.67. The average Bonchev–Trinajstić information content (AvgIpc) is 3.53. The van der Waals surface area contributed by atoms with Crippen LogP contribution in [0, 0.1) is 11.8 Å². The molecule has 2 fully saturated rings. The number of aromatic amines is 1. The third-order valence-corrected chi connectivity index (χ3v) is 7.00. The van der Waals surface area contributed by atoms with E-state index in [9.17, 15) is 0 Å². The number of hydrogen-bond acceptors (Lipinski definition) is 4. The number of piperidine rings is 1. The van der Waals surface area contributed by atoms with Crippen LogP contribution in [0.3, 0.4) is 0 Å². The van der Waals surface area contributed by atoms with Gasteiger partial charge in [-0.3, -0.25) is 0 Å². The van der Waals surface area contributed by atoms with Gasteiger partial charge in [-0.1, -0.05) is 44.0 Å². The highest BCUT2D eigenvalue weighted by Crippen LogP contribution is 2.32. The fraction of sp³-hybridized carbons (Fsp3) is 0.538. The number of fused-ring (bicyclic) bond motifs is 1. The van der Waals surface area contributed by atoms with Crippen molar-refractivity contribution in [1.29, 1.82) is 0 Å². The average molecular weight is 418 g/mol. The van der Waals surface area contributed by atoms with Crippen LogP contribution < -0.4 is 5.32 Å². The van der Waals surface area contributed by atoms with Crippen molar-refractivity contribution in [2.45, 2.75) is 51.9 Å². The van der Waals surface area contributed by atoms with Crippen molar-refractivity contribution >= 4 is 17.0 Å². The molecule has 3 heterocycles.